The predicted octanol–water partition coefficient (Wildman–Crippen LogP) is 0.629. The van der Waals surface area contributed by atoms with Gasteiger partial charge in [-0.2, -0.15) is 0 Å². The number of likely N-dealkylation sites (N-methyl/N-ethyl adjacent to an activating group) is 1. The molecule has 1 aliphatic rings. The van der Waals surface area contributed by atoms with E-state index in [0.29, 0.717) is 16.9 Å². The van der Waals surface area contributed by atoms with E-state index in [2.05, 4.69) is 11.8 Å². The Morgan fingerprint density at radius 3 is 2.17 bits per heavy atom. The Bertz CT molecular complexity index is 418. The van der Waals surface area contributed by atoms with E-state index < -0.39 is 0 Å². The van der Waals surface area contributed by atoms with Gasteiger partial charge in [-0.05, 0) is 24.7 Å². The van der Waals surface area contributed by atoms with Crippen LogP contribution in [0.1, 0.15) is 17.3 Å². The first kappa shape index (κ1) is 12.7. The van der Waals surface area contributed by atoms with Crippen LogP contribution in [0.15, 0.2) is 18.2 Å². The molecule has 0 aromatic heterocycles. The molecular weight excluding hydrogens is 228 g/mol. The number of hydrogen-bond donors (Lipinski definition) is 2. The number of rotatable bonds is 2. The van der Waals surface area contributed by atoms with Gasteiger partial charge in [0, 0.05) is 43.1 Å². The zero-order valence-electron chi connectivity index (χ0n) is 10.7. The fraction of sp³-hybridized carbons (Fsp3) is 0.462. The summed E-state index contributed by atoms with van der Waals surface area (Å²) >= 11 is 0. The van der Waals surface area contributed by atoms with Crippen LogP contribution in [0.3, 0.4) is 0 Å². The molecule has 0 unspecified atom stereocenters. The average molecular weight is 248 g/mol. The van der Waals surface area contributed by atoms with E-state index >= 15 is 0 Å². The van der Waals surface area contributed by atoms with Crippen molar-refractivity contribution >= 4 is 17.3 Å². The number of hydrogen-bond acceptors (Lipinski definition) is 4. The van der Waals surface area contributed by atoms with Gasteiger partial charge in [0.1, 0.15) is 0 Å². The Morgan fingerprint density at radius 1 is 1.11 bits per heavy atom. The quantitative estimate of drug-likeness (QED) is 0.753. The number of nitrogens with two attached hydrogens (primary N) is 2. The maximum atomic E-state index is 12.3. The molecule has 1 heterocycles. The van der Waals surface area contributed by atoms with E-state index in [1.807, 2.05) is 4.90 Å². The van der Waals surface area contributed by atoms with Gasteiger partial charge in [-0.3, -0.25) is 4.79 Å². The van der Waals surface area contributed by atoms with Crippen LogP contribution in [0.5, 0.6) is 0 Å². The van der Waals surface area contributed by atoms with Gasteiger partial charge in [-0.25, -0.2) is 0 Å². The van der Waals surface area contributed by atoms with Crippen LogP contribution in [0.25, 0.3) is 0 Å². The molecule has 0 spiro atoms. The lowest BCUT2D eigenvalue weighted by molar-refractivity contribution is 0.0643. The van der Waals surface area contributed by atoms with E-state index in [1.165, 1.54) is 0 Å². The van der Waals surface area contributed by atoms with Crippen molar-refractivity contribution in [2.24, 2.45) is 0 Å². The molecule has 1 aromatic rings. The molecule has 0 atom stereocenters. The van der Waals surface area contributed by atoms with Crippen molar-refractivity contribution in [3.8, 4) is 0 Å². The SMILES string of the molecule is CCN1CCN(C(=O)c2cc(N)cc(N)c2)CC1. The van der Waals surface area contributed by atoms with Gasteiger partial charge in [-0.1, -0.05) is 6.92 Å². The maximum absolute atomic E-state index is 12.3. The summed E-state index contributed by atoms with van der Waals surface area (Å²) in [5.74, 6) is 0.0183. The molecule has 0 radical (unpaired) electrons. The van der Waals surface area contributed by atoms with Crippen molar-refractivity contribution in [3.63, 3.8) is 0 Å². The second-order valence-electron chi connectivity index (χ2n) is 4.61. The molecule has 1 aromatic carbocycles. The minimum Gasteiger partial charge on any atom is -0.399 e. The van der Waals surface area contributed by atoms with Crippen LogP contribution in [0.4, 0.5) is 11.4 Å². The van der Waals surface area contributed by atoms with Crippen molar-refractivity contribution in [1.29, 1.82) is 0 Å². The third kappa shape index (κ3) is 2.73. The lowest BCUT2D eigenvalue weighted by Crippen LogP contribution is -2.48. The zero-order valence-corrected chi connectivity index (χ0v) is 10.7. The summed E-state index contributed by atoms with van der Waals surface area (Å²) in [5, 5.41) is 0. The van der Waals surface area contributed by atoms with Crippen molar-refractivity contribution in [3.05, 3.63) is 23.8 Å². The number of carbonyl (C=O) groups excluding carboxylic acids is 1. The van der Waals surface area contributed by atoms with Crippen LogP contribution >= 0.6 is 0 Å². The first-order valence-electron chi connectivity index (χ1n) is 6.28. The smallest absolute Gasteiger partial charge is 0.254 e. The van der Waals surface area contributed by atoms with Crippen LogP contribution in [0.2, 0.25) is 0 Å². The number of nitrogens with zero attached hydrogens (tertiary/aromatic N) is 2. The standard InChI is InChI=1S/C13H20N4O/c1-2-16-3-5-17(6-4-16)13(18)10-7-11(14)9-12(15)8-10/h7-9H,2-6,14-15H2,1H3. The Labute approximate surface area is 107 Å². The third-order valence-electron chi connectivity index (χ3n) is 3.33. The summed E-state index contributed by atoms with van der Waals surface area (Å²) < 4.78 is 0. The number of amides is 1. The van der Waals surface area contributed by atoms with Gasteiger partial charge in [0.2, 0.25) is 0 Å². The highest BCUT2D eigenvalue weighted by atomic mass is 16.2. The minimum atomic E-state index is 0.0183. The highest BCUT2D eigenvalue weighted by molar-refractivity contribution is 5.96. The van der Waals surface area contributed by atoms with Gasteiger partial charge < -0.3 is 21.3 Å². The normalized spacial score (nSPS) is 16.8. The number of piperazine rings is 1. The Hall–Kier alpha value is -1.75. The molecule has 2 rings (SSSR count). The van der Waals surface area contributed by atoms with Gasteiger partial charge in [0.25, 0.3) is 5.91 Å². The van der Waals surface area contributed by atoms with Crippen molar-refractivity contribution in [2.45, 2.75) is 6.92 Å². The molecular formula is C13H20N4O. The summed E-state index contributed by atoms with van der Waals surface area (Å²) in [6.07, 6.45) is 0. The van der Waals surface area contributed by atoms with E-state index in [0.717, 1.165) is 32.7 Å². The summed E-state index contributed by atoms with van der Waals surface area (Å²) in [5.41, 5.74) is 13.1. The summed E-state index contributed by atoms with van der Waals surface area (Å²) in [4.78, 5) is 16.5. The van der Waals surface area contributed by atoms with Crippen molar-refractivity contribution in [1.82, 2.24) is 9.80 Å². The second kappa shape index (κ2) is 5.27. The molecule has 0 aliphatic carbocycles. The largest absolute Gasteiger partial charge is 0.399 e. The van der Waals surface area contributed by atoms with Gasteiger partial charge in [0.05, 0.1) is 0 Å². The number of nitrogen functional groups attached to an aromatic ring is 2. The summed E-state index contributed by atoms with van der Waals surface area (Å²) in [6.45, 7) is 6.56. The molecule has 5 nitrogen and oxygen atoms in total. The topological polar surface area (TPSA) is 75.6 Å². The number of carbonyl (C=O) groups is 1. The number of benzene rings is 1. The highest BCUT2D eigenvalue weighted by Crippen LogP contribution is 2.16. The first-order chi connectivity index (χ1) is 8.60. The van der Waals surface area contributed by atoms with Crippen molar-refractivity contribution < 1.29 is 4.79 Å². The van der Waals surface area contributed by atoms with Gasteiger partial charge in [0.15, 0.2) is 0 Å². The molecule has 5 heteroatoms. The van der Waals surface area contributed by atoms with Crippen LogP contribution in [-0.2, 0) is 0 Å². The fourth-order valence-corrected chi connectivity index (χ4v) is 2.25. The predicted molar refractivity (Wildman–Crippen MR) is 73.3 cm³/mol. The summed E-state index contributed by atoms with van der Waals surface area (Å²) in [6, 6.07) is 5.03. The van der Waals surface area contributed by atoms with Gasteiger partial charge in [-0.15, -0.1) is 0 Å². The summed E-state index contributed by atoms with van der Waals surface area (Å²) in [7, 11) is 0. The van der Waals surface area contributed by atoms with E-state index in [-0.39, 0.29) is 5.91 Å². The molecule has 0 saturated carbocycles. The monoisotopic (exact) mass is 248 g/mol. The molecule has 98 valence electrons. The molecule has 1 fully saturated rings. The van der Waals surface area contributed by atoms with Crippen LogP contribution < -0.4 is 11.5 Å². The Balaban J connectivity index is 2.07. The molecule has 18 heavy (non-hydrogen) atoms. The molecule has 1 aliphatic heterocycles. The Kier molecular flexibility index (Phi) is 3.72. The van der Waals surface area contributed by atoms with Crippen LogP contribution in [-0.4, -0.2) is 48.4 Å². The molecule has 0 bridgehead atoms. The van der Waals surface area contributed by atoms with Crippen molar-refractivity contribution in [2.75, 3.05) is 44.2 Å². The van der Waals surface area contributed by atoms with Crippen LogP contribution in [0, 0.1) is 0 Å². The first-order valence-corrected chi connectivity index (χ1v) is 6.28. The van der Waals surface area contributed by atoms with E-state index in [4.69, 9.17) is 11.5 Å². The lowest BCUT2D eigenvalue weighted by atomic mass is 10.1. The molecule has 4 N–H and O–H groups in total. The number of anilines is 2. The second-order valence-corrected chi connectivity index (χ2v) is 4.61. The Morgan fingerprint density at radius 2 is 1.67 bits per heavy atom. The third-order valence-corrected chi connectivity index (χ3v) is 3.33. The molecule has 1 saturated heterocycles. The highest BCUT2D eigenvalue weighted by Gasteiger charge is 2.21. The van der Waals surface area contributed by atoms with E-state index in [1.54, 1.807) is 18.2 Å². The minimum absolute atomic E-state index is 0.0183. The maximum Gasteiger partial charge on any atom is 0.254 e. The van der Waals surface area contributed by atoms with Gasteiger partial charge >= 0.3 is 0 Å². The average Bonchev–Trinajstić information content (AvgIpc) is 2.37. The fourth-order valence-electron chi connectivity index (χ4n) is 2.25. The zero-order chi connectivity index (χ0) is 13.1. The van der Waals surface area contributed by atoms with E-state index in [9.17, 15) is 4.79 Å². The molecule has 1 amide bonds. The lowest BCUT2D eigenvalue weighted by Gasteiger charge is -2.34.